The molecule has 0 aliphatic heterocycles. The van der Waals surface area contributed by atoms with Gasteiger partial charge in [-0.25, -0.2) is 0 Å². The normalized spacial score (nSPS) is 11.7. The van der Waals surface area contributed by atoms with E-state index in [-0.39, 0.29) is 0 Å². The summed E-state index contributed by atoms with van der Waals surface area (Å²) in [7, 11) is 0. The average Bonchev–Trinajstić information content (AvgIpc) is 1.73. The average molecular weight is 1640 g/mol. The molecule has 27 aromatic rings. The molecule has 0 aliphatic rings. The van der Waals surface area contributed by atoms with Crippen LogP contribution < -0.4 is 0 Å². The van der Waals surface area contributed by atoms with E-state index in [0.717, 1.165) is 66.2 Å². The van der Waals surface area contributed by atoms with Gasteiger partial charge in [-0.1, -0.05) is 413 Å². The number of benzene rings is 24. The van der Waals surface area contributed by atoms with Crippen molar-refractivity contribution in [3.05, 3.63) is 473 Å². The molecule has 0 saturated carbocycles. The second-order valence-corrected chi connectivity index (χ2v) is 33.8. The summed E-state index contributed by atoms with van der Waals surface area (Å²) in [5.74, 6) is 0. The van der Waals surface area contributed by atoms with Crippen molar-refractivity contribution in [2.24, 2.45) is 0 Å². The predicted molar refractivity (Wildman–Crippen MR) is 548 cm³/mol. The maximum absolute atomic E-state index is 6.60. The van der Waals surface area contributed by atoms with Crippen LogP contribution in [0.15, 0.2) is 486 Å². The fraction of sp³-hybridized carbons (Fsp3) is 0. The van der Waals surface area contributed by atoms with Gasteiger partial charge in [0.2, 0.25) is 0 Å². The molecule has 129 heavy (non-hydrogen) atoms. The molecule has 0 radical (unpaired) electrons. The third-order valence-corrected chi connectivity index (χ3v) is 26.5. The van der Waals surface area contributed by atoms with Crippen LogP contribution in [0.2, 0.25) is 0 Å². The molecule has 0 atom stereocenters. The minimum Gasteiger partial charge on any atom is -0.456 e. The number of para-hydroxylation sites is 1. The number of hydrogen-bond donors (Lipinski definition) is 0. The van der Waals surface area contributed by atoms with E-state index >= 15 is 0 Å². The first-order chi connectivity index (χ1) is 64.0. The minimum absolute atomic E-state index is 0.913. The van der Waals surface area contributed by atoms with Crippen LogP contribution in [0.3, 0.4) is 0 Å². The van der Waals surface area contributed by atoms with Crippen LogP contribution >= 0.6 is 0 Å². The third-order valence-electron chi connectivity index (χ3n) is 26.5. The van der Waals surface area contributed by atoms with Crippen LogP contribution in [0.1, 0.15) is 0 Å². The standard InChI is InChI=1S/3C42H26O/c1-2-13-28(14-3-1)39-33-18-6-8-20-35(33)40(36-21-9-7-19-34(36)39)30-16-10-15-29(26-30)32-22-11-23-37-41-31-17-5-4-12-27(31)24-25-38(41)43-42(32)37;1-2-12-27(13-3-1)40-33-18-6-8-20-35(33)41(36-21-9-7-19-34(36)40)31-17-10-16-30(24-31)32-22-11-23-38-42(32)37-25-28-14-4-5-15-29(28)26-39(37)43-38;1-2-12-28(13-3-1)40-33-17-6-8-19-35(33)41(36-20-9-7-18-34(36)40)31-15-10-14-29(25-31)30-22-23-38-37(26-30)42-32-16-5-4-11-27(32)21-24-39(42)43-38/h3*1-26H. The lowest BCUT2D eigenvalue weighted by Gasteiger charge is -2.18. The molecular weight excluding hydrogens is 1560 g/mol. The van der Waals surface area contributed by atoms with E-state index in [4.69, 9.17) is 13.3 Å². The Bertz CT molecular complexity index is 8970. The Morgan fingerprint density at radius 3 is 0.845 bits per heavy atom. The summed E-state index contributed by atoms with van der Waals surface area (Å²) in [6.45, 7) is 0. The summed E-state index contributed by atoms with van der Waals surface area (Å²) in [5.41, 5.74) is 27.5. The number of fused-ring (bicyclic) bond motifs is 20. The lowest BCUT2D eigenvalue weighted by molar-refractivity contribution is 0.669. The first-order valence-corrected chi connectivity index (χ1v) is 44.3. The molecule has 0 aliphatic carbocycles. The molecule has 0 bridgehead atoms. The molecule has 600 valence electrons. The van der Waals surface area contributed by atoms with E-state index in [1.807, 2.05) is 0 Å². The third kappa shape index (κ3) is 12.6. The molecule has 0 amide bonds. The Morgan fingerprint density at radius 2 is 0.395 bits per heavy atom. The van der Waals surface area contributed by atoms with Crippen molar-refractivity contribution in [2.45, 2.75) is 0 Å². The molecule has 0 saturated heterocycles. The number of hydrogen-bond acceptors (Lipinski definition) is 3. The number of rotatable bonds is 9. The highest BCUT2D eigenvalue weighted by Crippen LogP contribution is 2.51. The van der Waals surface area contributed by atoms with Gasteiger partial charge in [0.05, 0.1) is 0 Å². The van der Waals surface area contributed by atoms with Crippen LogP contribution in [0, 0.1) is 0 Å². The van der Waals surface area contributed by atoms with Crippen LogP contribution in [-0.4, -0.2) is 0 Å². The molecule has 3 nitrogen and oxygen atoms in total. The molecule has 0 N–H and O–H groups in total. The SMILES string of the molecule is c1ccc(-c2c3ccccc3c(-c3cccc(-c4ccc5oc6ccc7ccccc7c6c5c4)c3)c3ccccc23)cc1.c1ccc(-c2c3ccccc3c(-c3cccc(-c4cccc5c4oc4ccc6ccccc6c45)c3)c3ccccc23)cc1.c1ccc(-c2c3ccccc3c(-c3cccc(-c4cccc5oc6cc7ccccc7cc6c45)c3)c3ccccc23)cc1. The van der Waals surface area contributed by atoms with Crippen molar-refractivity contribution in [2.75, 3.05) is 0 Å². The molecule has 0 unspecified atom stereocenters. The fourth-order valence-electron chi connectivity index (χ4n) is 20.9. The summed E-state index contributed by atoms with van der Waals surface area (Å²) < 4.78 is 19.3. The lowest BCUT2D eigenvalue weighted by atomic mass is 9.85. The highest BCUT2D eigenvalue weighted by Gasteiger charge is 2.24. The van der Waals surface area contributed by atoms with Gasteiger partial charge in [0.1, 0.15) is 33.5 Å². The number of furan rings is 3. The molecule has 3 heteroatoms. The van der Waals surface area contributed by atoms with Crippen LogP contribution in [0.4, 0.5) is 0 Å². The Balaban J connectivity index is 0.000000105. The van der Waals surface area contributed by atoms with Gasteiger partial charge in [0.25, 0.3) is 0 Å². The van der Waals surface area contributed by atoms with Crippen molar-refractivity contribution < 1.29 is 13.3 Å². The van der Waals surface area contributed by atoms with Gasteiger partial charge in [-0.3, -0.25) is 0 Å². The highest BCUT2D eigenvalue weighted by molar-refractivity contribution is 6.27. The summed E-state index contributed by atoms with van der Waals surface area (Å²) in [6, 6.07) is 170. The fourth-order valence-corrected chi connectivity index (χ4v) is 20.9. The second-order valence-electron chi connectivity index (χ2n) is 33.8. The maximum Gasteiger partial charge on any atom is 0.143 e. The summed E-state index contributed by atoms with van der Waals surface area (Å²) in [4.78, 5) is 0. The first-order valence-electron chi connectivity index (χ1n) is 44.3. The molecule has 0 fully saturated rings. The molecule has 24 aromatic carbocycles. The van der Waals surface area contributed by atoms with Gasteiger partial charge in [-0.2, -0.15) is 0 Å². The Labute approximate surface area is 744 Å². The van der Waals surface area contributed by atoms with Crippen molar-refractivity contribution in [1.29, 1.82) is 0 Å². The predicted octanol–water partition coefficient (Wildman–Crippen LogP) is 36.1. The Hall–Kier alpha value is -17.0. The minimum atomic E-state index is 0.913. The second kappa shape index (κ2) is 31.1. The zero-order valence-electron chi connectivity index (χ0n) is 70.3. The topological polar surface area (TPSA) is 39.4 Å². The summed E-state index contributed by atoms with van der Waals surface area (Å²) >= 11 is 0. The van der Waals surface area contributed by atoms with Crippen LogP contribution in [0.5, 0.6) is 0 Å². The Morgan fingerprint density at radius 1 is 0.116 bits per heavy atom. The molecule has 3 aromatic heterocycles. The van der Waals surface area contributed by atoms with Crippen molar-refractivity contribution >= 4 is 163 Å². The summed E-state index contributed by atoms with van der Waals surface area (Å²) in [5, 5.41) is 29.4. The van der Waals surface area contributed by atoms with E-state index in [1.54, 1.807) is 0 Å². The largest absolute Gasteiger partial charge is 0.456 e. The van der Waals surface area contributed by atoms with Gasteiger partial charge < -0.3 is 13.3 Å². The van der Waals surface area contributed by atoms with E-state index < -0.39 is 0 Å². The van der Waals surface area contributed by atoms with Crippen LogP contribution in [-0.2, 0) is 0 Å². The van der Waals surface area contributed by atoms with Crippen LogP contribution in [0.25, 0.3) is 263 Å². The lowest BCUT2D eigenvalue weighted by Crippen LogP contribution is -1.91. The maximum atomic E-state index is 6.60. The van der Waals surface area contributed by atoms with Crippen molar-refractivity contribution in [1.82, 2.24) is 0 Å². The van der Waals surface area contributed by atoms with Gasteiger partial charge in [-0.15, -0.1) is 0 Å². The summed E-state index contributed by atoms with van der Waals surface area (Å²) in [6.07, 6.45) is 0. The van der Waals surface area contributed by atoms with Crippen molar-refractivity contribution in [3.63, 3.8) is 0 Å². The van der Waals surface area contributed by atoms with Gasteiger partial charge in [-0.05, 0) is 252 Å². The van der Waals surface area contributed by atoms with E-state index in [9.17, 15) is 0 Å². The quantitative estimate of drug-likeness (QED) is 0.135. The van der Waals surface area contributed by atoms with Gasteiger partial charge >= 0.3 is 0 Å². The van der Waals surface area contributed by atoms with Crippen molar-refractivity contribution in [3.8, 4) is 100 Å². The smallest absolute Gasteiger partial charge is 0.143 e. The van der Waals surface area contributed by atoms with Gasteiger partial charge in [0.15, 0.2) is 0 Å². The van der Waals surface area contributed by atoms with E-state index in [2.05, 4.69) is 473 Å². The van der Waals surface area contributed by atoms with E-state index in [1.165, 1.54) is 197 Å². The van der Waals surface area contributed by atoms with Gasteiger partial charge in [0, 0.05) is 37.9 Å². The Kier molecular flexibility index (Phi) is 18.0. The zero-order chi connectivity index (χ0) is 85.0. The molecule has 3 heterocycles. The molecule has 0 spiro atoms. The molecule has 27 rings (SSSR count). The first kappa shape index (κ1) is 74.6. The van der Waals surface area contributed by atoms with E-state index in [0.29, 0.717) is 0 Å². The molecular formula is C126H78O3. The zero-order valence-corrected chi connectivity index (χ0v) is 70.3. The monoisotopic (exact) mass is 1640 g/mol. The highest BCUT2D eigenvalue weighted by atomic mass is 16.3.